The SMILES string of the molecule is N#Cc1cc(-c2ccccc2)cc(-n2cccn2)n1. The lowest BCUT2D eigenvalue weighted by Gasteiger charge is -2.06. The van der Waals surface area contributed by atoms with Crippen LogP contribution in [0.4, 0.5) is 0 Å². The largest absolute Gasteiger partial charge is 0.223 e. The minimum Gasteiger partial charge on any atom is -0.223 e. The highest BCUT2D eigenvalue weighted by molar-refractivity contribution is 5.66. The fourth-order valence-electron chi connectivity index (χ4n) is 1.89. The van der Waals surface area contributed by atoms with E-state index in [1.165, 1.54) is 0 Å². The van der Waals surface area contributed by atoms with Crippen molar-refractivity contribution >= 4 is 0 Å². The third-order valence-electron chi connectivity index (χ3n) is 2.77. The van der Waals surface area contributed by atoms with Gasteiger partial charge in [-0.15, -0.1) is 0 Å². The van der Waals surface area contributed by atoms with E-state index < -0.39 is 0 Å². The Morgan fingerprint density at radius 3 is 2.53 bits per heavy atom. The minimum atomic E-state index is 0.381. The monoisotopic (exact) mass is 246 g/mol. The van der Waals surface area contributed by atoms with E-state index >= 15 is 0 Å². The summed E-state index contributed by atoms with van der Waals surface area (Å²) in [6.07, 6.45) is 3.49. The average molecular weight is 246 g/mol. The van der Waals surface area contributed by atoms with Crippen LogP contribution in [0.5, 0.6) is 0 Å². The Morgan fingerprint density at radius 1 is 1.00 bits per heavy atom. The van der Waals surface area contributed by atoms with Gasteiger partial charge in [-0.3, -0.25) is 0 Å². The van der Waals surface area contributed by atoms with Crippen molar-refractivity contribution in [1.29, 1.82) is 5.26 Å². The van der Waals surface area contributed by atoms with Gasteiger partial charge < -0.3 is 0 Å². The van der Waals surface area contributed by atoms with E-state index in [-0.39, 0.29) is 0 Å². The van der Waals surface area contributed by atoms with Crippen LogP contribution >= 0.6 is 0 Å². The quantitative estimate of drug-likeness (QED) is 0.698. The van der Waals surface area contributed by atoms with Crippen LogP contribution in [-0.2, 0) is 0 Å². The zero-order chi connectivity index (χ0) is 13.1. The molecule has 0 saturated heterocycles. The lowest BCUT2D eigenvalue weighted by Crippen LogP contribution is -2.00. The lowest BCUT2D eigenvalue weighted by molar-refractivity contribution is 0.845. The van der Waals surface area contributed by atoms with E-state index in [2.05, 4.69) is 16.2 Å². The smallest absolute Gasteiger partial charge is 0.155 e. The topological polar surface area (TPSA) is 54.5 Å². The molecule has 2 heterocycles. The van der Waals surface area contributed by atoms with Gasteiger partial charge in [-0.05, 0) is 29.3 Å². The van der Waals surface area contributed by atoms with Crippen molar-refractivity contribution in [3.63, 3.8) is 0 Å². The molecule has 1 aromatic carbocycles. The van der Waals surface area contributed by atoms with Gasteiger partial charge in [-0.1, -0.05) is 30.3 Å². The van der Waals surface area contributed by atoms with Gasteiger partial charge in [0.1, 0.15) is 11.8 Å². The number of rotatable bonds is 2. The number of nitrogens with zero attached hydrogens (tertiary/aromatic N) is 4. The number of benzene rings is 1. The maximum absolute atomic E-state index is 9.09. The number of hydrogen-bond acceptors (Lipinski definition) is 3. The zero-order valence-electron chi connectivity index (χ0n) is 10.1. The number of nitriles is 1. The molecule has 0 amide bonds. The Balaban J connectivity index is 2.17. The van der Waals surface area contributed by atoms with E-state index in [9.17, 15) is 0 Å². The van der Waals surface area contributed by atoms with Crippen LogP contribution in [0.2, 0.25) is 0 Å². The van der Waals surface area contributed by atoms with Crippen molar-refractivity contribution in [3.8, 4) is 23.0 Å². The second kappa shape index (κ2) is 4.75. The molecule has 0 spiro atoms. The molecular weight excluding hydrogens is 236 g/mol. The first kappa shape index (κ1) is 11.2. The highest BCUT2D eigenvalue weighted by Crippen LogP contribution is 2.21. The van der Waals surface area contributed by atoms with Crippen LogP contribution in [0.3, 0.4) is 0 Å². The number of pyridine rings is 1. The summed E-state index contributed by atoms with van der Waals surface area (Å²) >= 11 is 0. The van der Waals surface area contributed by atoms with Gasteiger partial charge in [0.2, 0.25) is 0 Å². The summed E-state index contributed by atoms with van der Waals surface area (Å²) in [5, 5.41) is 13.2. The van der Waals surface area contributed by atoms with Gasteiger partial charge in [0, 0.05) is 12.4 Å². The molecule has 4 nitrogen and oxygen atoms in total. The van der Waals surface area contributed by atoms with Crippen LogP contribution in [0.15, 0.2) is 60.9 Å². The molecule has 0 bridgehead atoms. The van der Waals surface area contributed by atoms with Gasteiger partial charge in [-0.2, -0.15) is 10.4 Å². The normalized spacial score (nSPS) is 10.1. The molecule has 0 atom stereocenters. The van der Waals surface area contributed by atoms with Crippen LogP contribution < -0.4 is 0 Å². The molecule has 2 aromatic heterocycles. The predicted octanol–water partition coefficient (Wildman–Crippen LogP) is 2.81. The molecule has 4 heteroatoms. The van der Waals surface area contributed by atoms with Crippen LogP contribution in [-0.4, -0.2) is 14.8 Å². The Labute approximate surface area is 110 Å². The van der Waals surface area contributed by atoms with E-state index in [4.69, 9.17) is 5.26 Å². The average Bonchev–Trinajstić information content (AvgIpc) is 3.02. The molecule has 90 valence electrons. The lowest BCUT2D eigenvalue weighted by atomic mass is 10.1. The first-order valence-electron chi connectivity index (χ1n) is 5.84. The zero-order valence-corrected chi connectivity index (χ0v) is 10.1. The summed E-state index contributed by atoms with van der Waals surface area (Å²) in [7, 11) is 0. The van der Waals surface area contributed by atoms with Gasteiger partial charge in [0.25, 0.3) is 0 Å². The minimum absolute atomic E-state index is 0.381. The predicted molar refractivity (Wildman–Crippen MR) is 71.5 cm³/mol. The van der Waals surface area contributed by atoms with Crippen molar-refractivity contribution in [1.82, 2.24) is 14.8 Å². The second-order valence-corrected chi connectivity index (χ2v) is 4.03. The van der Waals surface area contributed by atoms with E-state index in [0.717, 1.165) is 11.1 Å². The molecule has 0 unspecified atom stereocenters. The Kier molecular flexibility index (Phi) is 2.79. The summed E-state index contributed by atoms with van der Waals surface area (Å²) < 4.78 is 1.65. The van der Waals surface area contributed by atoms with E-state index in [1.54, 1.807) is 23.1 Å². The van der Waals surface area contributed by atoms with Crippen molar-refractivity contribution in [2.45, 2.75) is 0 Å². The summed E-state index contributed by atoms with van der Waals surface area (Å²) in [5.74, 6) is 0.642. The number of aromatic nitrogens is 3. The molecule has 0 fully saturated rings. The Morgan fingerprint density at radius 2 is 1.84 bits per heavy atom. The van der Waals surface area contributed by atoms with Crippen LogP contribution in [0, 0.1) is 11.3 Å². The molecule has 0 aliphatic heterocycles. The summed E-state index contributed by atoms with van der Waals surface area (Å²) in [5.41, 5.74) is 2.39. The third-order valence-corrected chi connectivity index (χ3v) is 2.77. The second-order valence-electron chi connectivity index (χ2n) is 4.03. The standard InChI is InChI=1S/C15H10N4/c16-11-14-9-13(12-5-2-1-3-6-12)10-15(18-14)19-8-4-7-17-19/h1-10H. The summed E-state index contributed by atoms with van der Waals surface area (Å²) in [4.78, 5) is 4.26. The summed E-state index contributed by atoms with van der Waals surface area (Å²) in [6, 6.07) is 17.5. The molecule has 3 rings (SSSR count). The summed E-state index contributed by atoms with van der Waals surface area (Å²) in [6.45, 7) is 0. The molecule has 0 N–H and O–H groups in total. The maximum atomic E-state index is 9.09. The molecular formula is C15H10N4. The molecule has 0 saturated carbocycles. The highest BCUT2D eigenvalue weighted by atomic mass is 15.3. The fraction of sp³-hybridized carbons (Fsp3) is 0. The Hall–Kier alpha value is -2.93. The van der Waals surface area contributed by atoms with Gasteiger partial charge in [-0.25, -0.2) is 9.67 Å². The molecule has 0 aliphatic rings. The van der Waals surface area contributed by atoms with Crippen molar-refractivity contribution < 1.29 is 0 Å². The van der Waals surface area contributed by atoms with Crippen molar-refractivity contribution in [3.05, 3.63) is 66.6 Å². The molecule has 0 radical (unpaired) electrons. The fourth-order valence-corrected chi connectivity index (χ4v) is 1.89. The van der Waals surface area contributed by atoms with Crippen LogP contribution in [0.25, 0.3) is 16.9 Å². The first-order chi connectivity index (χ1) is 9.36. The third kappa shape index (κ3) is 2.22. The Bertz CT molecular complexity index is 725. The van der Waals surface area contributed by atoms with E-state index in [0.29, 0.717) is 11.5 Å². The van der Waals surface area contributed by atoms with E-state index in [1.807, 2.05) is 42.5 Å². The van der Waals surface area contributed by atoms with Gasteiger partial charge in [0.05, 0.1) is 0 Å². The van der Waals surface area contributed by atoms with Gasteiger partial charge in [0.15, 0.2) is 5.82 Å². The van der Waals surface area contributed by atoms with Crippen LogP contribution in [0.1, 0.15) is 5.69 Å². The number of hydrogen-bond donors (Lipinski definition) is 0. The molecule has 19 heavy (non-hydrogen) atoms. The first-order valence-corrected chi connectivity index (χ1v) is 5.84. The molecule has 0 aliphatic carbocycles. The highest BCUT2D eigenvalue weighted by Gasteiger charge is 2.06. The van der Waals surface area contributed by atoms with Gasteiger partial charge >= 0.3 is 0 Å². The van der Waals surface area contributed by atoms with Crippen molar-refractivity contribution in [2.75, 3.05) is 0 Å². The maximum Gasteiger partial charge on any atom is 0.155 e. The molecule has 3 aromatic rings. The van der Waals surface area contributed by atoms with Crippen molar-refractivity contribution in [2.24, 2.45) is 0 Å².